The lowest BCUT2D eigenvalue weighted by atomic mass is 9.73. The highest BCUT2D eigenvalue weighted by Gasteiger charge is 2.40. The number of aromatic hydroxyl groups is 1. The van der Waals surface area contributed by atoms with Crippen LogP contribution < -0.4 is 0 Å². The van der Waals surface area contributed by atoms with E-state index in [0.29, 0.717) is 22.2 Å². The number of hydrogen-bond acceptors (Lipinski definition) is 4. The Balaban J connectivity index is 1.53. The number of nitrogens with zero attached hydrogens (tertiary/aromatic N) is 1. The van der Waals surface area contributed by atoms with Crippen molar-refractivity contribution in [3.63, 3.8) is 0 Å². The highest BCUT2D eigenvalue weighted by atomic mass is 79.9. The molecule has 0 spiro atoms. The first-order valence-electron chi connectivity index (χ1n) is 7.95. The first kappa shape index (κ1) is 15.0. The van der Waals surface area contributed by atoms with Gasteiger partial charge < -0.3 is 19.7 Å². The molecule has 0 amide bonds. The molecule has 2 aromatic rings. The van der Waals surface area contributed by atoms with E-state index < -0.39 is 0 Å². The first-order valence-corrected chi connectivity index (χ1v) is 8.75. The average Bonchev–Trinajstić information content (AvgIpc) is 2.98. The molecule has 1 aromatic heterocycles. The molecule has 23 heavy (non-hydrogen) atoms. The largest absolute Gasteiger partial charge is 0.508 e. The minimum atomic E-state index is -0.301. The fourth-order valence-corrected chi connectivity index (χ4v) is 4.43. The van der Waals surface area contributed by atoms with Gasteiger partial charge in [-0.15, -0.1) is 0 Å². The quantitative estimate of drug-likeness (QED) is 0.804. The lowest BCUT2D eigenvalue weighted by Crippen LogP contribution is -2.50. The molecule has 3 fully saturated rings. The second-order valence-corrected chi connectivity index (χ2v) is 7.57. The van der Waals surface area contributed by atoms with Crippen molar-refractivity contribution in [3.05, 3.63) is 28.4 Å². The molecule has 0 aliphatic carbocycles. The number of halogens is 1. The number of nitrogens with one attached hydrogen (secondary N) is 1. The molecule has 3 aliphatic rings. The van der Waals surface area contributed by atoms with E-state index in [1.54, 1.807) is 18.3 Å². The van der Waals surface area contributed by atoms with Gasteiger partial charge in [0, 0.05) is 27.5 Å². The topological polar surface area (TPSA) is 65.6 Å². The first-order chi connectivity index (χ1) is 11.1. The molecule has 0 radical (unpaired) electrons. The molecule has 0 saturated carbocycles. The second-order valence-electron chi connectivity index (χ2n) is 6.72. The van der Waals surface area contributed by atoms with Crippen molar-refractivity contribution in [2.45, 2.75) is 19.3 Å². The van der Waals surface area contributed by atoms with Crippen LogP contribution >= 0.6 is 15.9 Å². The number of H-pyrrole nitrogens is 1. The van der Waals surface area contributed by atoms with Gasteiger partial charge in [0.15, 0.2) is 0 Å². The zero-order chi connectivity index (χ0) is 16.0. The van der Waals surface area contributed by atoms with Gasteiger partial charge in [-0.1, -0.05) is 0 Å². The van der Waals surface area contributed by atoms with Crippen molar-refractivity contribution >= 4 is 32.8 Å². The number of piperidine rings is 3. The van der Waals surface area contributed by atoms with Crippen LogP contribution in [0.1, 0.15) is 29.6 Å². The maximum Gasteiger partial charge on any atom is 0.340 e. The van der Waals surface area contributed by atoms with Crippen LogP contribution in [0.15, 0.2) is 22.8 Å². The van der Waals surface area contributed by atoms with E-state index in [4.69, 9.17) is 4.74 Å². The molecule has 0 unspecified atom stereocenters. The average molecular weight is 379 g/mol. The van der Waals surface area contributed by atoms with Crippen molar-refractivity contribution in [2.24, 2.45) is 5.41 Å². The van der Waals surface area contributed by atoms with Crippen LogP contribution in [-0.4, -0.2) is 47.2 Å². The van der Waals surface area contributed by atoms with Gasteiger partial charge in [0.2, 0.25) is 0 Å². The van der Waals surface area contributed by atoms with Crippen molar-refractivity contribution in [3.8, 4) is 5.75 Å². The Labute approximate surface area is 142 Å². The molecule has 3 saturated heterocycles. The molecule has 2 N–H and O–H groups in total. The third-order valence-electron chi connectivity index (χ3n) is 5.32. The number of phenolic OH excluding ortho intramolecular Hbond substituents is 1. The lowest BCUT2D eigenvalue weighted by molar-refractivity contribution is -0.0304. The number of fused-ring (bicyclic) bond motifs is 4. The van der Waals surface area contributed by atoms with E-state index in [1.165, 1.54) is 0 Å². The Morgan fingerprint density at radius 3 is 2.70 bits per heavy atom. The van der Waals surface area contributed by atoms with E-state index >= 15 is 0 Å². The molecule has 1 aromatic carbocycles. The Morgan fingerprint density at radius 1 is 1.30 bits per heavy atom. The minimum absolute atomic E-state index is 0.152. The minimum Gasteiger partial charge on any atom is -0.508 e. The summed E-state index contributed by atoms with van der Waals surface area (Å²) >= 11 is 3.41. The number of benzene rings is 1. The van der Waals surface area contributed by atoms with E-state index in [-0.39, 0.29) is 17.1 Å². The van der Waals surface area contributed by atoms with Gasteiger partial charge in [-0.05, 0) is 60.9 Å². The number of ether oxygens (including phenoxy) is 1. The molecule has 0 atom stereocenters. The predicted molar refractivity (Wildman–Crippen MR) is 90.7 cm³/mol. The van der Waals surface area contributed by atoms with Crippen LogP contribution in [0.25, 0.3) is 10.9 Å². The number of aromatic amines is 1. The molecule has 2 bridgehead atoms. The van der Waals surface area contributed by atoms with Gasteiger partial charge in [0.25, 0.3) is 0 Å². The maximum atomic E-state index is 12.5. The third kappa shape index (κ3) is 2.64. The summed E-state index contributed by atoms with van der Waals surface area (Å²) in [6.45, 7) is 3.86. The molecule has 3 aliphatic heterocycles. The van der Waals surface area contributed by atoms with Gasteiger partial charge in [0.1, 0.15) is 5.75 Å². The van der Waals surface area contributed by atoms with Crippen LogP contribution in [0, 0.1) is 5.41 Å². The molecular weight excluding hydrogens is 360 g/mol. The summed E-state index contributed by atoms with van der Waals surface area (Å²) in [4.78, 5) is 18.0. The summed E-state index contributed by atoms with van der Waals surface area (Å²) < 4.78 is 6.36. The number of hydrogen-bond donors (Lipinski definition) is 2. The maximum absolute atomic E-state index is 12.5. The van der Waals surface area contributed by atoms with Gasteiger partial charge in [-0.3, -0.25) is 0 Å². The van der Waals surface area contributed by atoms with Crippen molar-refractivity contribution in [2.75, 3.05) is 26.2 Å². The second kappa shape index (κ2) is 5.53. The normalized spacial score (nSPS) is 26.6. The molecule has 5 nitrogen and oxygen atoms in total. The van der Waals surface area contributed by atoms with Crippen LogP contribution in [-0.2, 0) is 4.74 Å². The van der Waals surface area contributed by atoms with Gasteiger partial charge in [-0.2, -0.15) is 0 Å². The van der Waals surface area contributed by atoms with E-state index in [2.05, 4.69) is 25.8 Å². The van der Waals surface area contributed by atoms with E-state index in [9.17, 15) is 9.90 Å². The summed E-state index contributed by atoms with van der Waals surface area (Å²) in [7, 11) is 0. The summed E-state index contributed by atoms with van der Waals surface area (Å²) in [5, 5.41) is 10.4. The van der Waals surface area contributed by atoms with Crippen LogP contribution in [0.5, 0.6) is 5.75 Å². The Morgan fingerprint density at radius 2 is 2.00 bits per heavy atom. The van der Waals surface area contributed by atoms with Crippen molar-refractivity contribution < 1.29 is 14.6 Å². The summed E-state index contributed by atoms with van der Waals surface area (Å²) in [6, 6.07) is 3.19. The molecule has 4 heterocycles. The number of carbonyl (C=O) groups is 1. The van der Waals surface area contributed by atoms with E-state index in [1.807, 2.05) is 0 Å². The fraction of sp³-hybridized carbons (Fsp3) is 0.471. The smallest absolute Gasteiger partial charge is 0.340 e. The molecule has 6 heteroatoms. The van der Waals surface area contributed by atoms with Crippen LogP contribution in [0.4, 0.5) is 0 Å². The summed E-state index contributed by atoms with van der Waals surface area (Å²) in [5.74, 6) is -0.149. The standard InChI is InChI=1S/C17H19BrN2O3/c18-13-7-11(21)8-14-15(13)12(9-19-14)16(22)23-10-17-1-4-20(5-2-17)6-3-17/h7-9,19,21H,1-6,10H2. The van der Waals surface area contributed by atoms with E-state index in [0.717, 1.165) is 44.3 Å². The predicted octanol–water partition coefficient (Wildman–Crippen LogP) is 3.28. The van der Waals surface area contributed by atoms with Gasteiger partial charge >= 0.3 is 5.97 Å². The Hall–Kier alpha value is -1.53. The number of rotatable bonds is 3. The number of aromatic nitrogens is 1. The number of esters is 1. The number of carbonyl (C=O) groups excluding carboxylic acids is 1. The zero-order valence-corrected chi connectivity index (χ0v) is 14.4. The monoisotopic (exact) mass is 378 g/mol. The molecule has 5 rings (SSSR count). The Kier molecular flexibility index (Phi) is 3.61. The summed E-state index contributed by atoms with van der Waals surface area (Å²) in [5.41, 5.74) is 1.40. The molecular formula is C17H19BrN2O3. The zero-order valence-electron chi connectivity index (χ0n) is 12.8. The summed E-state index contributed by atoms with van der Waals surface area (Å²) in [6.07, 6.45) is 5.00. The molecule has 122 valence electrons. The van der Waals surface area contributed by atoms with Crippen LogP contribution in [0.2, 0.25) is 0 Å². The van der Waals surface area contributed by atoms with Gasteiger partial charge in [0.05, 0.1) is 17.7 Å². The van der Waals surface area contributed by atoms with Crippen molar-refractivity contribution in [1.82, 2.24) is 9.88 Å². The highest BCUT2D eigenvalue weighted by Crippen LogP contribution is 2.40. The SMILES string of the molecule is O=C(OCC12CCN(CC1)CC2)c1c[nH]c2cc(O)cc(Br)c12. The third-order valence-corrected chi connectivity index (χ3v) is 5.95. The lowest BCUT2D eigenvalue weighted by Gasteiger charge is -2.47. The number of phenols is 1. The Bertz CT molecular complexity index is 749. The van der Waals surface area contributed by atoms with Crippen molar-refractivity contribution in [1.29, 1.82) is 0 Å². The highest BCUT2D eigenvalue weighted by molar-refractivity contribution is 9.10. The van der Waals surface area contributed by atoms with Gasteiger partial charge in [-0.25, -0.2) is 4.79 Å². The fourth-order valence-electron chi connectivity index (χ4n) is 3.77. The van der Waals surface area contributed by atoms with Crippen LogP contribution in [0.3, 0.4) is 0 Å².